The van der Waals surface area contributed by atoms with Gasteiger partial charge in [-0.15, -0.1) is 11.3 Å². The second-order valence-corrected chi connectivity index (χ2v) is 8.79. The maximum Gasteiger partial charge on any atom is 0.225 e. The number of carbonyl (C=O) groups excluding carboxylic acids is 1. The zero-order valence-corrected chi connectivity index (χ0v) is 16.7. The van der Waals surface area contributed by atoms with Crippen LogP contribution in [-0.4, -0.2) is 33.6 Å². The number of nitrogens with zero attached hydrogens (tertiary/aromatic N) is 4. The van der Waals surface area contributed by atoms with E-state index in [1.807, 2.05) is 28.4 Å². The topological polar surface area (TPSA) is 62.5 Å². The molecule has 1 saturated heterocycles. The van der Waals surface area contributed by atoms with Crippen LogP contribution in [0.4, 0.5) is 5.82 Å². The fourth-order valence-electron chi connectivity index (χ4n) is 4.49. The number of aryl methyl sites for hydroxylation is 2. The van der Waals surface area contributed by atoms with Crippen LogP contribution >= 0.6 is 11.3 Å². The number of carbonyl (C=O) groups is 1. The number of anilines is 1. The van der Waals surface area contributed by atoms with Gasteiger partial charge < -0.3 is 10.2 Å². The van der Waals surface area contributed by atoms with Crippen molar-refractivity contribution in [3.05, 3.63) is 46.0 Å². The summed E-state index contributed by atoms with van der Waals surface area (Å²) in [6.45, 7) is 2.29. The fourth-order valence-corrected chi connectivity index (χ4v) is 5.14. The maximum atomic E-state index is 12.7. The summed E-state index contributed by atoms with van der Waals surface area (Å²) in [5, 5.41) is 9.95. The number of amides is 1. The largest absolute Gasteiger partial charge is 0.354 e. The SMILES string of the molecule is O=C(NCc1cccs1)[C@H]1CCCN(c2nccn3nc4c(c23)CCCC4)C1. The third kappa shape index (κ3) is 3.28. The van der Waals surface area contributed by atoms with E-state index in [1.165, 1.54) is 29.0 Å². The van der Waals surface area contributed by atoms with E-state index >= 15 is 0 Å². The van der Waals surface area contributed by atoms with Crippen LogP contribution in [0, 0.1) is 5.92 Å². The molecular weight excluding hydrogens is 370 g/mol. The first-order valence-corrected chi connectivity index (χ1v) is 11.1. The predicted molar refractivity (Wildman–Crippen MR) is 111 cm³/mol. The van der Waals surface area contributed by atoms with Gasteiger partial charge in [0.25, 0.3) is 0 Å². The molecule has 1 amide bonds. The Hall–Kier alpha value is -2.41. The van der Waals surface area contributed by atoms with Crippen molar-refractivity contribution < 1.29 is 4.79 Å². The van der Waals surface area contributed by atoms with Crippen LogP contribution in [0.15, 0.2) is 29.9 Å². The quantitative estimate of drug-likeness (QED) is 0.737. The van der Waals surface area contributed by atoms with Crippen LogP contribution in [0.1, 0.15) is 41.8 Å². The standard InChI is InChI=1S/C21H25N5OS/c27-21(23-13-16-6-4-12-28-16)15-5-3-10-25(14-15)20-19-17-7-1-2-8-18(17)24-26(19)11-9-22-20/h4,6,9,11-12,15H,1-3,5,7-8,10,13-14H2,(H,23,27)/t15-/m0/s1. The Labute approximate surface area is 168 Å². The Balaban J connectivity index is 1.36. The zero-order valence-electron chi connectivity index (χ0n) is 15.9. The molecule has 1 aliphatic heterocycles. The van der Waals surface area contributed by atoms with Crippen molar-refractivity contribution in [2.45, 2.75) is 45.1 Å². The molecule has 0 unspecified atom stereocenters. The molecule has 7 heteroatoms. The van der Waals surface area contributed by atoms with Crippen LogP contribution in [0.2, 0.25) is 0 Å². The average Bonchev–Trinajstić information content (AvgIpc) is 3.39. The van der Waals surface area contributed by atoms with Crippen molar-refractivity contribution in [3.8, 4) is 0 Å². The lowest BCUT2D eigenvalue weighted by Crippen LogP contribution is -2.43. The Bertz CT molecular complexity index is 980. The summed E-state index contributed by atoms with van der Waals surface area (Å²) in [7, 11) is 0. The number of hydrogen-bond acceptors (Lipinski definition) is 5. The van der Waals surface area contributed by atoms with E-state index in [2.05, 4.69) is 16.3 Å². The van der Waals surface area contributed by atoms with Crippen LogP contribution in [0.25, 0.3) is 5.52 Å². The normalized spacial score (nSPS) is 19.6. The molecule has 28 heavy (non-hydrogen) atoms. The minimum atomic E-state index is 0.00881. The molecule has 1 aliphatic carbocycles. The summed E-state index contributed by atoms with van der Waals surface area (Å²) in [6, 6.07) is 4.08. The Morgan fingerprint density at radius 1 is 1.29 bits per heavy atom. The van der Waals surface area contributed by atoms with E-state index in [1.54, 1.807) is 11.3 Å². The molecule has 6 nitrogen and oxygen atoms in total. The highest BCUT2D eigenvalue weighted by molar-refractivity contribution is 7.09. The Kier molecular flexibility index (Phi) is 4.76. The van der Waals surface area contributed by atoms with Crippen LogP contribution in [0.3, 0.4) is 0 Å². The monoisotopic (exact) mass is 395 g/mol. The van der Waals surface area contributed by atoms with E-state index in [-0.39, 0.29) is 11.8 Å². The number of thiophene rings is 1. The van der Waals surface area contributed by atoms with Crippen molar-refractivity contribution in [2.75, 3.05) is 18.0 Å². The van der Waals surface area contributed by atoms with Gasteiger partial charge >= 0.3 is 0 Å². The molecule has 4 heterocycles. The number of piperidine rings is 1. The van der Waals surface area contributed by atoms with E-state index in [0.29, 0.717) is 6.54 Å². The highest BCUT2D eigenvalue weighted by Crippen LogP contribution is 2.32. The van der Waals surface area contributed by atoms with Crippen molar-refractivity contribution in [3.63, 3.8) is 0 Å². The minimum absolute atomic E-state index is 0.00881. The van der Waals surface area contributed by atoms with Crippen molar-refractivity contribution in [1.29, 1.82) is 0 Å². The zero-order chi connectivity index (χ0) is 18.9. The van der Waals surface area contributed by atoms with Crippen molar-refractivity contribution >= 4 is 28.6 Å². The number of nitrogens with one attached hydrogen (secondary N) is 1. The smallest absolute Gasteiger partial charge is 0.225 e. The number of rotatable bonds is 4. The summed E-state index contributed by atoms with van der Waals surface area (Å²) in [6.07, 6.45) is 10.3. The summed E-state index contributed by atoms with van der Waals surface area (Å²) >= 11 is 1.68. The highest BCUT2D eigenvalue weighted by Gasteiger charge is 2.29. The first kappa shape index (κ1) is 17.7. The Morgan fingerprint density at radius 2 is 2.21 bits per heavy atom. The van der Waals surface area contributed by atoms with Gasteiger partial charge in [0.1, 0.15) is 5.52 Å². The second kappa shape index (κ2) is 7.54. The average molecular weight is 396 g/mol. The number of aromatic nitrogens is 3. The Morgan fingerprint density at radius 3 is 3.11 bits per heavy atom. The molecule has 0 bridgehead atoms. The van der Waals surface area contributed by atoms with Crippen LogP contribution in [-0.2, 0) is 24.2 Å². The first-order valence-electron chi connectivity index (χ1n) is 10.2. The molecule has 1 fully saturated rings. The molecule has 2 aliphatic rings. The van der Waals surface area contributed by atoms with Gasteiger partial charge in [-0.3, -0.25) is 4.79 Å². The van der Waals surface area contributed by atoms with E-state index in [0.717, 1.165) is 50.1 Å². The third-order valence-corrected chi connectivity index (χ3v) is 6.78. The number of hydrogen-bond donors (Lipinski definition) is 1. The van der Waals surface area contributed by atoms with Gasteiger partial charge in [0.05, 0.1) is 18.2 Å². The first-order chi connectivity index (χ1) is 13.8. The van der Waals surface area contributed by atoms with Gasteiger partial charge in [-0.25, -0.2) is 9.50 Å². The summed E-state index contributed by atoms with van der Waals surface area (Å²) in [5.41, 5.74) is 3.73. The highest BCUT2D eigenvalue weighted by atomic mass is 32.1. The fraction of sp³-hybridized carbons (Fsp3) is 0.476. The molecule has 1 atom stereocenters. The molecule has 5 rings (SSSR count). The van der Waals surface area contributed by atoms with Gasteiger partial charge in [-0.1, -0.05) is 6.07 Å². The number of fused-ring (bicyclic) bond motifs is 3. The van der Waals surface area contributed by atoms with Crippen molar-refractivity contribution in [2.24, 2.45) is 5.92 Å². The van der Waals surface area contributed by atoms with Gasteiger partial charge in [-0.05, 0) is 50.0 Å². The van der Waals surface area contributed by atoms with Crippen LogP contribution in [0.5, 0.6) is 0 Å². The summed E-state index contributed by atoms with van der Waals surface area (Å²) in [4.78, 5) is 21.0. The molecule has 1 N–H and O–H groups in total. The molecule has 146 valence electrons. The maximum absolute atomic E-state index is 12.7. The van der Waals surface area contributed by atoms with Crippen molar-refractivity contribution in [1.82, 2.24) is 19.9 Å². The lowest BCUT2D eigenvalue weighted by atomic mass is 9.95. The van der Waals surface area contributed by atoms with E-state index in [9.17, 15) is 4.79 Å². The van der Waals surface area contributed by atoms with E-state index < -0.39 is 0 Å². The second-order valence-electron chi connectivity index (χ2n) is 7.76. The molecule has 0 aromatic carbocycles. The third-order valence-electron chi connectivity index (χ3n) is 5.91. The summed E-state index contributed by atoms with van der Waals surface area (Å²) in [5.74, 6) is 1.16. The van der Waals surface area contributed by atoms with Gasteiger partial charge in [0.15, 0.2) is 5.82 Å². The molecular formula is C21H25N5OS. The van der Waals surface area contributed by atoms with Gasteiger partial charge in [0.2, 0.25) is 5.91 Å². The predicted octanol–water partition coefficient (Wildman–Crippen LogP) is 3.20. The van der Waals surface area contributed by atoms with Gasteiger partial charge in [-0.2, -0.15) is 5.10 Å². The summed E-state index contributed by atoms with van der Waals surface area (Å²) < 4.78 is 2.00. The van der Waals surface area contributed by atoms with Crippen LogP contribution < -0.4 is 10.2 Å². The van der Waals surface area contributed by atoms with E-state index in [4.69, 9.17) is 10.1 Å². The molecule has 3 aromatic heterocycles. The molecule has 3 aromatic rings. The molecule has 0 spiro atoms. The van der Waals surface area contributed by atoms with Gasteiger partial charge in [0, 0.05) is 35.9 Å². The minimum Gasteiger partial charge on any atom is -0.354 e. The molecule has 0 radical (unpaired) electrons. The lowest BCUT2D eigenvalue weighted by Gasteiger charge is -2.33. The lowest BCUT2D eigenvalue weighted by molar-refractivity contribution is -0.125. The molecule has 0 saturated carbocycles.